The van der Waals surface area contributed by atoms with Gasteiger partial charge in [0, 0.05) is 0 Å². The zero-order valence-electron chi connectivity index (χ0n) is 14.4. The van der Waals surface area contributed by atoms with Crippen molar-refractivity contribution in [1.29, 1.82) is 0 Å². The van der Waals surface area contributed by atoms with Crippen molar-refractivity contribution < 1.29 is 0 Å². The van der Waals surface area contributed by atoms with Gasteiger partial charge in [0.15, 0.2) is 0 Å². The summed E-state index contributed by atoms with van der Waals surface area (Å²) in [6, 6.07) is 39.0. The fraction of sp³-hybridized carbons (Fsp3) is 0. The van der Waals surface area contributed by atoms with Crippen LogP contribution >= 0.6 is 0 Å². The van der Waals surface area contributed by atoms with Crippen molar-refractivity contribution in [3.63, 3.8) is 0 Å². The lowest BCUT2D eigenvalue weighted by atomic mass is 9.91. The molecule has 0 nitrogen and oxygen atoms in total. The Labute approximate surface area is 153 Å². The third-order valence-corrected chi connectivity index (χ3v) is 5.07. The molecule has 0 aliphatic rings. The van der Waals surface area contributed by atoms with Crippen molar-refractivity contribution >= 4 is 21.5 Å². The molecule has 0 unspecified atom stereocenters. The molecule has 0 amide bonds. The summed E-state index contributed by atoms with van der Waals surface area (Å²) in [6.07, 6.45) is 0. The van der Waals surface area contributed by atoms with Gasteiger partial charge >= 0.3 is 0 Å². The summed E-state index contributed by atoms with van der Waals surface area (Å²) < 4.78 is 0. The van der Waals surface area contributed by atoms with Crippen molar-refractivity contribution in [2.24, 2.45) is 0 Å². The molecule has 0 spiro atoms. The number of hydrogen-bond donors (Lipinski definition) is 0. The maximum atomic E-state index is 2.26. The molecule has 0 aliphatic heterocycles. The molecule has 26 heavy (non-hydrogen) atoms. The Bertz CT molecular complexity index is 1200. The van der Waals surface area contributed by atoms with Crippen molar-refractivity contribution in [1.82, 2.24) is 0 Å². The average Bonchev–Trinajstić information content (AvgIpc) is 2.74. The van der Waals surface area contributed by atoms with E-state index in [2.05, 4.69) is 109 Å². The van der Waals surface area contributed by atoms with E-state index in [1.807, 2.05) is 0 Å². The van der Waals surface area contributed by atoms with Crippen LogP contribution in [0.15, 0.2) is 109 Å². The highest BCUT2D eigenvalue weighted by atomic mass is 14.1. The molecule has 0 saturated heterocycles. The van der Waals surface area contributed by atoms with Gasteiger partial charge in [-0.15, -0.1) is 0 Å². The number of hydrogen-bond acceptors (Lipinski definition) is 0. The first kappa shape index (κ1) is 14.9. The Hall–Kier alpha value is -3.38. The van der Waals surface area contributed by atoms with Gasteiger partial charge in [0.25, 0.3) is 0 Å². The first-order chi connectivity index (χ1) is 12.9. The van der Waals surface area contributed by atoms with E-state index in [0.29, 0.717) is 0 Å². The van der Waals surface area contributed by atoms with E-state index in [1.165, 1.54) is 43.8 Å². The van der Waals surface area contributed by atoms with Crippen molar-refractivity contribution in [3.05, 3.63) is 109 Å². The van der Waals surface area contributed by atoms with Crippen LogP contribution in [0.25, 0.3) is 43.8 Å². The summed E-state index contributed by atoms with van der Waals surface area (Å²) in [5, 5.41) is 5.22. The van der Waals surface area contributed by atoms with Gasteiger partial charge in [0.05, 0.1) is 0 Å². The largest absolute Gasteiger partial charge is 0.0622 e. The lowest BCUT2D eigenvalue weighted by Crippen LogP contribution is -1.86. The van der Waals surface area contributed by atoms with Crippen molar-refractivity contribution in [2.75, 3.05) is 0 Å². The third-order valence-electron chi connectivity index (χ3n) is 5.07. The Morgan fingerprint density at radius 2 is 0.962 bits per heavy atom. The molecule has 0 radical (unpaired) electrons. The van der Waals surface area contributed by atoms with Crippen LogP contribution in [-0.4, -0.2) is 0 Å². The Morgan fingerprint density at radius 3 is 1.69 bits per heavy atom. The number of benzene rings is 5. The molecular weight excluding hydrogens is 312 g/mol. The molecule has 5 aromatic rings. The number of rotatable bonds is 2. The molecule has 0 aromatic heterocycles. The SMILES string of the molecule is c1ccc(-c2cccc3c2ccc2cccc(-c4ccccc4)c23)cc1. The average molecular weight is 330 g/mol. The molecule has 122 valence electrons. The summed E-state index contributed by atoms with van der Waals surface area (Å²) in [7, 11) is 0. The van der Waals surface area contributed by atoms with Gasteiger partial charge in [-0.05, 0) is 43.8 Å². The quantitative estimate of drug-likeness (QED) is 0.297. The van der Waals surface area contributed by atoms with Crippen LogP contribution < -0.4 is 0 Å². The predicted molar refractivity (Wildman–Crippen MR) is 112 cm³/mol. The molecule has 0 heterocycles. The van der Waals surface area contributed by atoms with Gasteiger partial charge in [0.1, 0.15) is 0 Å². The van der Waals surface area contributed by atoms with E-state index in [-0.39, 0.29) is 0 Å². The summed E-state index contributed by atoms with van der Waals surface area (Å²) in [5.74, 6) is 0. The minimum absolute atomic E-state index is 1.26. The molecule has 0 atom stereocenters. The normalized spacial score (nSPS) is 11.1. The highest BCUT2D eigenvalue weighted by Crippen LogP contribution is 2.37. The minimum Gasteiger partial charge on any atom is -0.0622 e. The van der Waals surface area contributed by atoms with Crippen LogP contribution in [0.1, 0.15) is 0 Å². The minimum atomic E-state index is 1.26. The third kappa shape index (κ3) is 2.39. The second kappa shape index (κ2) is 6.16. The fourth-order valence-corrected chi connectivity index (χ4v) is 3.87. The van der Waals surface area contributed by atoms with E-state index in [0.717, 1.165) is 0 Å². The van der Waals surface area contributed by atoms with E-state index >= 15 is 0 Å². The maximum Gasteiger partial charge on any atom is -0.00266 e. The predicted octanol–water partition coefficient (Wildman–Crippen LogP) is 7.33. The molecule has 0 heteroatoms. The molecule has 0 saturated carbocycles. The zero-order valence-corrected chi connectivity index (χ0v) is 14.4. The molecule has 0 aliphatic carbocycles. The monoisotopic (exact) mass is 330 g/mol. The first-order valence-electron chi connectivity index (χ1n) is 8.97. The summed E-state index contributed by atoms with van der Waals surface area (Å²) >= 11 is 0. The van der Waals surface area contributed by atoms with Crippen molar-refractivity contribution in [2.45, 2.75) is 0 Å². The van der Waals surface area contributed by atoms with Gasteiger partial charge in [-0.3, -0.25) is 0 Å². The van der Waals surface area contributed by atoms with Gasteiger partial charge in [-0.2, -0.15) is 0 Å². The summed E-state index contributed by atoms with van der Waals surface area (Å²) in [4.78, 5) is 0. The van der Waals surface area contributed by atoms with E-state index < -0.39 is 0 Å². The summed E-state index contributed by atoms with van der Waals surface area (Å²) in [5.41, 5.74) is 5.09. The van der Waals surface area contributed by atoms with Gasteiger partial charge in [0.2, 0.25) is 0 Å². The highest BCUT2D eigenvalue weighted by Gasteiger charge is 2.10. The molecule has 0 fully saturated rings. The molecular formula is C26H18. The number of fused-ring (bicyclic) bond motifs is 3. The van der Waals surface area contributed by atoms with Crippen LogP contribution in [0, 0.1) is 0 Å². The van der Waals surface area contributed by atoms with Crippen LogP contribution in [0.4, 0.5) is 0 Å². The Balaban J connectivity index is 1.89. The summed E-state index contributed by atoms with van der Waals surface area (Å²) in [6.45, 7) is 0. The standard InChI is InChI=1S/C26H18/c1-3-9-19(10-4-1)22-14-8-16-25-24(22)18-17-21-13-7-15-23(26(21)25)20-11-5-2-6-12-20/h1-18H. The lowest BCUT2D eigenvalue weighted by Gasteiger charge is -2.13. The van der Waals surface area contributed by atoms with E-state index in [9.17, 15) is 0 Å². The van der Waals surface area contributed by atoms with Crippen LogP contribution in [-0.2, 0) is 0 Å². The van der Waals surface area contributed by atoms with Gasteiger partial charge in [-0.1, -0.05) is 109 Å². The Morgan fingerprint density at radius 1 is 0.346 bits per heavy atom. The lowest BCUT2D eigenvalue weighted by molar-refractivity contribution is 1.65. The smallest absolute Gasteiger partial charge is 0.00266 e. The van der Waals surface area contributed by atoms with E-state index in [1.54, 1.807) is 0 Å². The second-order valence-electron chi connectivity index (χ2n) is 6.60. The van der Waals surface area contributed by atoms with Crippen molar-refractivity contribution in [3.8, 4) is 22.3 Å². The van der Waals surface area contributed by atoms with Gasteiger partial charge < -0.3 is 0 Å². The maximum absolute atomic E-state index is 2.26. The zero-order chi connectivity index (χ0) is 17.3. The van der Waals surface area contributed by atoms with Gasteiger partial charge in [-0.25, -0.2) is 0 Å². The highest BCUT2D eigenvalue weighted by molar-refractivity contribution is 6.17. The van der Waals surface area contributed by atoms with Crippen LogP contribution in [0.3, 0.4) is 0 Å². The van der Waals surface area contributed by atoms with Crippen LogP contribution in [0.5, 0.6) is 0 Å². The van der Waals surface area contributed by atoms with E-state index in [4.69, 9.17) is 0 Å². The first-order valence-corrected chi connectivity index (χ1v) is 8.97. The van der Waals surface area contributed by atoms with Crippen LogP contribution in [0.2, 0.25) is 0 Å². The fourth-order valence-electron chi connectivity index (χ4n) is 3.87. The molecule has 5 aromatic carbocycles. The topological polar surface area (TPSA) is 0 Å². The Kier molecular flexibility index (Phi) is 3.54. The molecule has 0 N–H and O–H groups in total. The molecule has 0 bridgehead atoms. The molecule has 5 rings (SSSR count). The second-order valence-corrected chi connectivity index (χ2v) is 6.60.